The Hall–Kier alpha value is -4.02. The molecule has 0 aliphatic carbocycles. The van der Waals surface area contributed by atoms with Gasteiger partial charge >= 0.3 is 140 Å². The molecule has 3 unspecified atom stereocenters. The number of amides is 1. The number of hydrogen-bond acceptors (Lipinski definition) is 7. The van der Waals surface area contributed by atoms with E-state index in [1.807, 2.05) is 0 Å². The summed E-state index contributed by atoms with van der Waals surface area (Å²) in [5.41, 5.74) is 2.80. The number of phenolic OH excluding ortho intramolecular Hbond substituents is 1. The van der Waals surface area contributed by atoms with Gasteiger partial charge in [-0.05, 0) is 42.8 Å². The van der Waals surface area contributed by atoms with Crippen LogP contribution >= 0.6 is 0 Å². The van der Waals surface area contributed by atoms with Crippen LogP contribution < -0.4 is 14.4 Å². The number of nitrogens with one attached hydrogen (secondary N) is 1. The zero-order chi connectivity index (χ0) is 33.1. The van der Waals surface area contributed by atoms with Crippen LogP contribution in [0.1, 0.15) is 30.4 Å². The molecule has 0 aromatic heterocycles. The first-order valence-electron chi connectivity index (χ1n) is 14.2. The molecule has 9 nitrogen and oxygen atoms in total. The van der Waals surface area contributed by atoms with E-state index in [1.165, 1.54) is 43.5 Å². The summed E-state index contributed by atoms with van der Waals surface area (Å²) in [6.45, 7) is -1.72. The minimum absolute atomic E-state index is 0.0338. The van der Waals surface area contributed by atoms with Crippen molar-refractivity contribution in [3.8, 4) is 16.5 Å². The molecule has 46 heavy (non-hydrogen) atoms. The molecule has 2 bridgehead atoms. The fraction of sp³-hybridized carbons (Fsp3) is 0.312. The summed E-state index contributed by atoms with van der Waals surface area (Å²) >= 11 is -0.155. The molecule has 2 aliphatic rings. The van der Waals surface area contributed by atoms with E-state index in [-0.39, 0.29) is 45.1 Å². The molecule has 2 N–H and O–H groups in total. The van der Waals surface area contributed by atoms with Crippen LogP contribution in [0.15, 0.2) is 72.8 Å². The van der Waals surface area contributed by atoms with Crippen molar-refractivity contribution < 1.29 is 41.0 Å². The predicted molar refractivity (Wildman–Crippen MR) is 168 cm³/mol. The van der Waals surface area contributed by atoms with E-state index < -0.39 is 40.2 Å². The monoisotopic (exact) mass is 721 g/mol. The Bertz CT molecular complexity index is 1740. The second-order valence-corrected chi connectivity index (χ2v) is 14.6. The van der Waals surface area contributed by atoms with Gasteiger partial charge < -0.3 is 9.84 Å². The van der Waals surface area contributed by atoms with Gasteiger partial charge in [-0.2, -0.15) is 13.2 Å². The van der Waals surface area contributed by atoms with Gasteiger partial charge in [-0.25, -0.2) is 8.42 Å². The maximum absolute atomic E-state index is 14.1. The number of aromatic hydroxyl groups is 1. The number of carbonyl (C=O) groups excluding carboxylic acids is 1. The quantitative estimate of drug-likeness (QED) is 0.185. The number of carbonyl (C=O) groups is 1. The van der Waals surface area contributed by atoms with E-state index >= 15 is 0 Å². The second-order valence-electron chi connectivity index (χ2n) is 10.7. The maximum atomic E-state index is 14.1. The second kappa shape index (κ2) is 13.8. The molecular weight excluding hydrogens is 690 g/mol. The van der Waals surface area contributed by atoms with Crippen molar-refractivity contribution in [3.05, 3.63) is 83.9 Å². The summed E-state index contributed by atoms with van der Waals surface area (Å²) in [4.78, 5) is 14.5. The van der Waals surface area contributed by atoms with Crippen LogP contribution in [0.3, 0.4) is 0 Å². The van der Waals surface area contributed by atoms with Crippen molar-refractivity contribution in [2.24, 2.45) is 0 Å². The Kier molecular flexibility index (Phi) is 9.98. The van der Waals surface area contributed by atoms with Gasteiger partial charge in [-0.15, -0.1) is 0 Å². The van der Waals surface area contributed by atoms with Crippen molar-refractivity contribution in [2.45, 2.75) is 48.2 Å². The number of ether oxygens (including phenoxy) is 2. The SMILES string of the molecule is COc1ccc(N(CC(F)(F)F)S(=O)(=O)C2CC3OC2C(c2ccc(NC(=O)CCC[Se]C#N)cc2)=C3c2ccc(O)cc2)cc1. The molecule has 3 aromatic carbocycles. The number of alkyl halides is 3. The van der Waals surface area contributed by atoms with Gasteiger partial charge in [0.05, 0.1) is 12.8 Å². The molecule has 3 atom stereocenters. The number of hydrogen-bond donors (Lipinski definition) is 2. The molecule has 242 valence electrons. The smallest absolute Gasteiger partial charge is 0.508 e. The van der Waals surface area contributed by atoms with E-state index in [2.05, 4.69) is 10.3 Å². The fourth-order valence-electron chi connectivity index (χ4n) is 5.71. The number of nitriles is 1. The van der Waals surface area contributed by atoms with Crippen LogP contribution in [0.4, 0.5) is 24.5 Å². The molecule has 14 heteroatoms. The standard InChI is InChI=1S/C32H30F3N3O6SSe/c1-43-25-14-10-23(11-15-25)38(18-32(33,34)35)45(41,42)27-17-26-29(20-6-12-24(39)13-7-20)30(31(27)44-26)21-4-8-22(9-5-21)37-28(40)3-2-16-46-19-36/h4-15,26-27,31,39H,2-3,16-18H2,1H3,(H,37,40). The number of benzene rings is 3. The zero-order valence-electron chi connectivity index (χ0n) is 24.5. The van der Waals surface area contributed by atoms with Gasteiger partial charge in [0.25, 0.3) is 0 Å². The van der Waals surface area contributed by atoms with E-state index in [0.717, 1.165) is 0 Å². The summed E-state index contributed by atoms with van der Waals surface area (Å²) in [7, 11) is -3.24. The Labute approximate surface area is 270 Å². The first kappa shape index (κ1) is 33.3. The summed E-state index contributed by atoms with van der Waals surface area (Å²) in [5, 5.41) is 20.7. The van der Waals surface area contributed by atoms with Crippen LogP contribution in [0.5, 0.6) is 11.5 Å². The third-order valence-electron chi connectivity index (χ3n) is 7.74. The third kappa shape index (κ3) is 7.34. The Morgan fingerprint density at radius 1 is 1.07 bits per heavy atom. The van der Waals surface area contributed by atoms with Crippen molar-refractivity contribution >= 4 is 53.4 Å². The topological polar surface area (TPSA) is 129 Å². The van der Waals surface area contributed by atoms with Crippen LogP contribution in [-0.4, -0.2) is 71.7 Å². The molecule has 1 fully saturated rings. The number of nitrogens with zero attached hydrogens (tertiary/aromatic N) is 2. The van der Waals surface area contributed by atoms with Gasteiger partial charge in [0, 0.05) is 0 Å². The summed E-state index contributed by atoms with van der Waals surface area (Å²) in [6, 6.07) is 18.4. The minimum atomic E-state index is -4.82. The number of halogens is 3. The van der Waals surface area contributed by atoms with Crippen LogP contribution in [0, 0.1) is 10.2 Å². The number of methoxy groups -OCH3 is 1. The van der Waals surface area contributed by atoms with Gasteiger partial charge in [0.15, 0.2) is 0 Å². The van der Waals surface area contributed by atoms with Gasteiger partial charge in [-0.3, -0.25) is 4.31 Å². The van der Waals surface area contributed by atoms with E-state index in [1.54, 1.807) is 36.4 Å². The Balaban J connectivity index is 1.49. The zero-order valence-corrected chi connectivity index (χ0v) is 27.1. The van der Waals surface area contributed by atoms with Crippen LogP contribution in [0.25, 0.3) is 11.1 Å². The molecule has 1 amide bonds. The van der Waals surface area contributed by atoms with Crippen molar-refractivity contribution in [3.63, 3.8) is 0 Å². The number of sulfonamides is 1. The van der Waals surface area contributed by atoms with Crippen LogP contribution in [0.2, 0.25) is 5.32 Å². The van der Waals surface area contributed by atoms with E-state index in [9.17, 15) is 31.5 Å². The first-order valence-corrected chi connectivity index (χ1v) is 17.8. The molecule has 3 aromatic rings. The number of anilines is 2. The Morgan fingerprint density at radius 2 is 1.70 bits per heavy atom. The third-order valence-corrected chi connectivity index (χ3v) is 11.2. The average Bonchev–Trinajstić information content (AvgIpc) is 3.63. The molecular formula is C32H30F3N3O6SSe. The summed E-state index contributed by atoms with van der Waals surface area (Å²) < 4.78 is 81.3. The summed E-state index contributed by atoms with van der Waals surface area (Å²) in [6.07, 6.45) is -5.85. The van der Waals surface area contributed by atoms with Crippen molar-refractivity contribution in [2.75, 3.05) is 23.3 Å². The molecule has 0 radical (unpaired) electrons. The number of fused-ring (bicyclic) bond motifs is 2. The van der Waals surface area contributed by atoms with Crippen LogP contribution in [-0.2, 0) is 19.6 Å². The van der Waals surface area contributed by atoms with Gasteiger partial charge in [0.1, 0.15) is 18.0 Å². The predicted octanol–water partition coefficient (Wildman–Crippen LogP) is 5.57. The molecule has 1 saturated heterocycles. The van der Waals surface area contributed by atoms with E-state index in [0.29, 0.717) is 49.8 Å². The van der Waals surface area contributed by atoms with Gasteiger partial charge in [-0.1, -0.05) is 12.1 Å². The van der Waals surface area contributed by atoms with E-state index in [4.69, 9.17) is 14.7 Å². The van der Waals surface area contributed by atoms with Crippen molar-refractivity contribution in [1.82, 2.24) is 0 Å². The normalized spacial score (nSPS) is 19.2. The molecule has 5 rings (SSSR count). The molecule has 0 spiro atoms. The average molecular weight is 721 g/mol. The number of phenols is 1. The first-order chi connectivity index (χ1) is 21.9. The molecule has 2 aliphatic heterocycles. The number of rotatable bonds is 12. The molecule has 0 saturated carbocycles. The molecule has 2 heterocycles. The van der Waals surface area contributed by atoms with Gasteiger partial charge in [0.2, 0.25) is 10.0 Å². The van der Waals surface area contributed by atoms with Crippen molar-refractivity contribution in [1.29, 1.82) is 5.26 Å². The fourth-order valence-corrected chi connectivity index (χ4v) is 8.51. The summed E-state index contributed by atoms with van der Waals surface area (Å²) in [5.74, 6) is 0.189. The minimum Gasteiger partial charge on any atom is -0.508 e. The Morgan fingerprint density at radius 3 is 2.30 bits per heavy atom.